The predicted octanol–water partition coefficient (Wildman–Crippen LogP) is 4.26. The molecule has 0 unspecified atom stereocenters. The zero-order valence-corrected chi connectivity index (χ0v) is 24.3. The van der Waals surface area contributed by atoms with E-state index in [4.69, 9.17) is 32.7 Å². The van der Waals surface area contributed by atoms with E-state index >= 15 is 0 Å². The Morgan fingerprint density at radius 2 is 1.68 bits per heavy atom. The number of nitrogens with zero attached hydrogens (tertiary/aromatic N) is 2. The van der Waals surface area contributed by atoms with Crippen LogP contribution in [0.4, 0.5) is 5.69 Å². The van der Waals surface area contributed by atoms with Crippen molar-refractivity contribution in [1.29, 1.82) is 0 Å². The molecule has 1 aliphatic rings. The van der Waals surface area contributed by atoms with Gasteiger partial charge in [0.1, 0.15) is 12.6 Å². The minimum atomic E-state index is -3.91. The molecular formula is C28H29Cl2N3O6S. The summed E-state index contributed by atoms with van der Waals surface area (Å²) in [6.07, 6.45) is 1.22. The average Bonchev–Trinajstić information content (AvgIpc) is 3.39. The molecule has 12 heteroatoms. The van der Waals surface area contributed by atoms with Crippen molar-refractivity contribution >= 4 is 50.7 Å². The first-order valence-corrected chi connectivity index (χ1v) is 15.1. The number of carbonyl (C=O) groups excluding carboxylic acids is 2. The number of fused-ring (bicyclic) bond motifs is 1. The van der Waals surface area contributed by atoms with E-state index in [2.05, 4.69) is 5.32 Å². The largest absolute Gasteiger partial charge is 0.454 e. The van der Waals surface area contributed by atoms with Gasteiger partial charge in [-0.05, 0) is 42.3 Å². The van der Waals surface area contributed by atoms with E-state index in [-0.39, 0.29) is 31.4 Å². The van der Waals surface area contributed by atoms with Crippen LogP contribution in [0, 0.1) is 0 Å². The van der Waals surface area contributed by atoms with Crippen molar-refractivity contribution in [3.8, 4) is 11.5 Å². The maximum atomic E-state index is 14.0. The Bertz CT molecular complexity index is 1490. The third-order valence-electron chi connectivity index (χ3n) is 6.28. The third kappa shape index (κ3) is 7.18. The van der Waals surface area contributed by atoms with Crippen molar-refractivity contribution in [3.05, 3.63) is 87.9 Å². The maximum absolute atomic E-state index is 14.0. The van der Waals surface area contributed by atoms with Crippen LogP contribution in [-0.4, -0.2) is 57.3 Å². The van der Waals surface area contributed by atoms with Gasteiger partial charge in [-0.15, -0.1) is 0 Å². The molecule has 0 fully saturated rings. The summed E-state index contributed by atoms with van der Waals surface area (Å²) in [4.78, 5) is 28.8. The number of ether oxygens (including phenoxy) is 2. The highest BCUT2D eigenvalue weighted by Crippen LogP contribution is 2.36. The van der Waals surface area contributed by atoms with Crippen molar-refractivity contribution in [2.75, 3.05) is 30.4 Å². The molecule has 212 valence electrons. The third-order valence-corrected chi connectivity index (χ3v) is 8.16. The lowest BCUT2D eigenvalue weighted by atomic mass is 10.0. The highest BCUT2D eigenvalue weighted by molar-refractivity contribution is 7.92. The fraction of sp³-hybridized carbons (Fsp3) is 0.286. The second-order valence-electron chi connectivity index (χ2n) is 9.18. The smallest absolute Gasteiger partial charge is 0.244 e. The van der Waals surface area contributed by atoms with E-state index in [0.29, 0.717) is 33.7 Å². The number of carbonyl (C=O) groups is 2. The maximum Gasteiger partial charge on any atom is 0.244 e. The molecule has 4 rings (SSSR count). The summed E-state index contributed by atoms with van der Waals surface area (Å²) >= 11 is 12.3. The predicted molar refractivity (Wildman–Crippen MR) is 154 cm³/mol. The first-order chi connectivity index (χ1) is 19.1. The number of amides is 2. The number of halogens is 2. The number of hydrogen-bond acceptors (Lipinski definition) is 6. The van der Waals surface area contributed by atoms with Gasteiger partial charge in [-0.3, -0.25) is 13.9 Å². The first kappa shape index (κ1) is 29.5. The van der Waals surface area contributed by atoms with Crippen LogP contribution in [-0.2, 0) is 32.6 Å². The SMILES string of the molecule is CCNC(=O)[C@@H](Cc1ccccc1)N(Cc1ccc(Cl)c(Cl)c1)C(=O)CN(c1ccc2c(c1)OCO2)S(C)(=O)=O. The minimum absolute atomic E-state index is 0.0108. The molecule has 40 heavy (non-hydrogen) atoms. The molecular weight excluding hydrogens is 577 g/mol. The molecule has 0 saturated heterocycles. The number of nitrogens with one attached hydrogen (secondary N) is 1. The van der Waals surface area contributed by atoms with E-state index in [1.165, 1.54) is 17.0 Å². The molecule has 2 amide bonds. The summed E-state index contributed by atoms with van der Waals surface area (Å²) in [5, 5.41) is 3.45. The summed E-state index contributed by atoms with van der Waals surface area (Å²) in [5.41, 5.74) is 1.69. The molecule has 0 spiro atoms. The molecule has 3 aromatic carbocycles. The van der Waals surface area contributed by atoms with E-state index in [1.54, 1.807) is 31.2 Å². The number of benzene rings is 3. The van der Waals surface area contributed by atoms with Gasteiger partial charge < -0.3 is 19.7 Å². The van der Waals surface area contributed by atoms with Gasteiger partial charge in [-0.2, -0.15) is 0 Å². The number of hydrogen-bond donors (Lipinski definition) is 1. The first-order valence-electron chi connectivity index (χ1n) is 12.5. The van der Waals surface area contributed by atoms with E-state index in [1.807, 2.05) is 30.3 Å². The fourth-order valence-electron chi connectivity index (χ4n) is 4.33. The molecule has 0 aliphatic carbocycles. The van der Waals surface area contributed by atoms with Crippen LogP contribution in [0.25, 0.3) is 0 Å². The van der Waals surface area contributed by atoms with Crippen molar-refractivity contribution in [2.24, 2.45) is 0 Å². The molecule has 0 aromatic heterocycles. The topological polar surface area (TPSA) is 105 Å². The van der Waals surface area contributed by atoms with E-state index < -0.39 is 28.5 Å². The number of rotatable bonds is 11. The zero-order chi connectivity index (χ0) is 28.9. The molecule has 1 N–H and O–H groups in total. The van der Waals surface area contributed by atoms with Crippen LogP contribution in [0.2, 0.25) is 10.0 Å². The molecule has 1 heterocycles. The Labute approximate surface area is 243 Å². The summed E-state index contributed by atoms with van der Waals surface area (Å²) in [6, 6.07) is 17.9. The van der Waals surface area contributed by atoms with Gasteiger partial charge in [0.15, 0.2) is 11.5 Å². The zero-order valence-electron chi connectivity index (χ0n) is 22.0. The van der Waals surface area contributed by atoms with Crippen LogP contribution in [0.5, 0.6) is 11.5 Å². The van der Waals surface area contributed by atoms with Gasteiger partial charge in [-0.1, -0.05) is 59.6 Å². The average molecular weight is 607 g/mol. The second-order valence-corrected chi connectivity index (χ2v) is 11.9. The van der Waals surface area contributed by atoms with Crippen LogP contribution < -0.4 is 19.1 Å². The molecule has 0 bridgehead atoms. The van der Waals surface area contributed by atoms with Crippen molar-refractivity contribution < 1.29 is 27.5 Å². The van der Waals surface area contributed by atoms with Gasteiger partial charge in [0.05, 0.1) is 22.0 Å². The van der Waals surface area contributed by atoms with Crippen molar-refractivity contribution in [1.82, 2.24) is 10.2 Å². The lowest BCUT2D eigenvalue weighted by Gasteiger charge is -2.33. The normalized spacial score (nSPS) is 13.0. The van der Waals surface area contributed by atoms with Gasteiger partial charge in [0, 0.05) is 25.6 Å². The monoisotopic (exact) mass is 605 g/mol. The van der Waals surface area contributed by atoms with Crippen molar-refractivity contribution in [3.63, 3.8) is 0 Å². The summed E-state index contributed by atoms with van der Waals surface area (Å²) in [7, 11) is -3.91. The number of anilines is 1. The van der Waals surface area contributed by atoms with Crippen molar-refractivity contribution in [2.45, 2.75) is 25.9 Å². The Morgan fingerprint density at radius 1 is 0.950 bits per heavy atom. The van der Waals surface area contributed by atoms with Crippen LogP contribution in [0.3, 0.4) is 0 Å². The quantitative estimate of drug-likeness (QED) is 0.350. The Morgan fingerprint density at radius 3 is 2.35 bits per heavy atom. The molecule has 0 saturated carbocycles. The van der Waals surface area contributed by atoms with Gasteiger partial charge in [0.2, 0.25) is 28.6 Å². The molecule has 1 aliphatic heterocycles. The molecule has 0 radical (unpaired) electrons. The molecule has 1 atom stereocenters. The van der Waals surface area contributed by atoms with Crippen LogP contribution in [0.15, 0.2) is 66.7 Å². The van der Waals surface area contributed by atoms with Gasteiger partial charge in [-0.25, -0.2) is 8.42 Å². The van der Waals surface area contributed by atoms with E-state index in [0.717, 1.165) is 16.1 Å². The minimum Gasteiger partial charge on any atom is -0.454 e. The van der Waals surface area contributed by atoms with E-state index in [9.17, 15) is 18.0 Å². The lowest BCUT2D eigenvalue weighted by molar-refractivity contribution is -0.140. The van der Waals surface area contributed by atoms with Crippen LogP contribution in [0.1, 0.15) is 18.1 Å². The van der Waals surface area contributed by atoms with Crippen LogP contribution >= 0.6 is 23.2 Å². The highest BCUT2D eigenvalue weighted by Gasteiger charge is 2.33. The Hall–Kier alpha value is -3.47. The number of sulfonamides is 1. The fourth-order valence-corrected chi connectivity index (χ4v) is 5.50. The highest BCUT2D eigenvalue weighted by atomic mass is 35.5. The Kier molecular flexibility index (Phi) is 9.44. The number of likely N-dealkylation sites (N-methyl/N-ethyl adjacent to an activating group) is 1. The standard InChI is InChI=1S/C28H29Cl2N3O6S/c1-3-31-28(35)24(14-19-7-5-4-6-8-19)32(16-20-9-11-22(29)23(30)13-20)27(34)17-33(40(2,36)37)21-10-12-25-26(15-21)39-18-38-25/h4-13,15,24H,3,14,16-18H2,1-2H3,(H,31,35)/t24-/m1/s1. The molecule has 9 nitrogen and oxygen atoms in total. The van der Waals surface area contributed by atoms with Gasteiger partial charge >= 0.3 is 0 Å². The molecule has 3 aromatic rings. The van der Waals surface area contributed by atoms with Gasteiger partial charge in [0.25, 0.3) is 0 Å². The summed E-state index contributed by atoms with van der Waals surface area (Å²) < 4.78 is 37.5. The summed E-state index contributed by atoms with van der Waals surface area (Å²) in [5.74, 6) is -0.102. The summed E-state index contributed by atoms with van der Waals surface area (Å²) in [6.45, 7) is 1.59. The lowest BCUT2D eigenvalue weighted by Crippen LogP contribution is -2.53. The Balaban J connectivity index is 1.73. The second kappa shape index (κ2) is 12.8.